The Morgan fingerprint density at radius 1 is 0.917 bits per heavy atom. The number of carbonyl (C=O) groups is 1. The van der Waals surface area contributed by atoms with Gasteiger partial charge in [0, 0.05) is 6.16 Å². The van der Waals surface area contributed by atoms with Crippen molar-refractivity contribution in [3.63, 3.8) is 0 Å². The summed E-state index contributed by atoms with van der Waals surface area (Å²) in [6.07, 6.45) is 2.06. The zero-order valence-electron chi connectivity index (χ0n) is 13.6. The fraction of sp³-hybridized carbons (Fsp3) is 0.316. The average molecular weight is 346 g/mol. The Labute approximate surface area is 142 Å². The summed E-state index contributed by atoms with van der Waals surface area (Å²) in [5.74, 6) is -0.618. The van der Waals surface area contributed by atoms with Crippen LogP contribution >= 0.6 is 7.37 Å². The van der Waals surface area contributed by atoms with Gasteiger partial charge in [0.15, 0.2) is 0 Å². The van der Waals surface area contributed by atoms with Gasteiger partial charge in [-0.1, -0.05) is 60.7 Å². The first-order valence-electron chi connectivity index (χ1n) is 8.09. The number of rotatable bonds is 9. The lowest BCUT2D eigenvalue weighted by atomic mass is 10.1. The summed E-state index contributed by atoms with van der Waals surface area (Å²) >= 11 is 0. The molecule has 0 amide bonds. The Balaban J connectivity index is 1.66. The maximum atomic E-state index is 12.1. The third-order valence-electron chi connectivity index (χ3n) is 3.68. The summed E-state index contributed by atoms with van der Waals surface area (Å²) in [5.41, 5.74) is 2.08. The molecule has 1 unspecified atom stereocenters. The molecule has 1 atom stereocenters. The van der Waals surface area contributed by atoms with Crippen molar-refractivity contribution in [2.24, 2.45) is 0 Å². The van der Waals surface area contributed by atoms with Gasteiger partial charge in [-0.2, -0.15) is 0 Å². The van der Waals surface area contributed by atoms with Crippen LogP contribution in [0, 0.1) is 0 Å². The summed E-state index contributed by atoms with van der Waals surface area (Å²) in [4.78, 5) is 21.7. The first kappa shape index (κ1) is 18.4. The maximum absolute atomic E-state index is 12.1. The van der Waals surface area contributed by atoms with Crippen molar-refractivity contribution in [3.8, 4) is 0 Å². The molecule has 0 spiro atoms. The first-order chi connectivity index (χ1) is 11.6. The Kier molecular flexibility index (Phi) is 7.23. The lowest BCUT2D eigenvalue weighted by Crippen LogP contribution is -2.11. The van der Waals surface area contributed by atoms with E-state index in [1.54, 1.807) is 0 Å². The molecule has 0 aliphatic heterocycles. The molecule has 0 aliphatic rings. The number of aryl methyl sites for hydroxylation is 1. The zero-order valence-corrected chi connectivity index (χ0v) is 14.5. The molecule has 0 saturated heterocycles. The van der Waals surface area contributed by atoms with Crippen LogP contribution in [-0.4, -0.2) is 23.2 Å². The van der Waals surface area contributed by atoms with Crippen LogP contribution in [0.2, 0.25) is 0 Å². The molecule has 2 aromatic rings. The van der Waals surface area contributed by atoms with Crippen LogP contribution in [0.4, 0.5) is 0 Å². The van der Waals surface area contributed by atoms with Crippen LogP contribution in [-0.2, 0) is 27.1 Å². The number of benzene rings is 2. The number of carbonyl (C=O) groups excluding carboxylic acids is 1. The third kappa shape index (κ3) is 7.12. The minimum Gasteiger partial charge on any atom is -0.460 e. The fourth-order valence-corrected chi connectivity index (χ4v) is 3.77. The molecule has 128 valence electrons. The monoisotopic (exact) mass is 346 g/mol. The predicted octanol–water partition coefficient (Wildman–Crippen LogP) is 4.02. The van der Waals surface area contributed by atoms with E-state index < -0.39 is 19.5 Å². The van der Waals surface area contributed by atoms with Gasteiger partial charge in [0.05, 0.1) is 0 Å². The van der Waals surface area contributed by atoms with Gasteiger partial charge in [-0.3, -0.25) is 9.36 Å². The second kappa shape index (κ2) is 9.41. The highest BCUT2D eigenvalue weighted by molar-refractivity contribution is 7.58. The summed E-state index contributed by atoms with van der Waals surface area (Å²) in [5, 5.41) is 0. The van der Waals surface area contributed by atoms with E-state index in [0.29, 0.717) is 6.42 Å². The lowest BCUT2D eigenvalue weighted by molar-refractivity contribution is -0.141. The summed E-state index contributed by atoms with van der Waals surface area (Å²) in [7, 11) is -3.47. The molecule has 2 aromatic carbocycles. The van der Waals surface area contributed by atoms with Crippen LogP contribution in [0.25, 0.3) is 0 Å². The third-order valence-corrected chi connectivity index (χ3v) is 5.45. The van der Waals surface area contributed by atoms with Crippen molar-refractivity contribution in [2.45, 2.75) is 25.9 Å². The number of hydrogen-bond acceptors (Lipinski definition) is 3. The highest BCUT2D eigenvalue weighted by Gasteiger charge is 2.23. The van der Waals surface area contributed by atoms with Crippen LogP contribution in [0.1, 0.15) is 24.0 Å². The minimum atomic E-state index is -3.47. The molecule has 0 radical (unpaired) electrons. The van der Waals surface area contributed by atoms with E-state index in [0.717, 1.165) is 18.4 Å². The van der Waals surface area contributed by atoms with E-state index in [9.17, 15) is 14.3 Å². The Bertz CT molecular complexity index is 670. The molecular formula is C19H23O4P. The van der Waals surface area contributed by atoms with E-state index in [1.165, 1.54) is 5.56 Å². The Morgan fingerprint density at radius 3 is 2.12 bits per heavy atom. The van der Waals surface area contributed by atoms with Crippen molar-refractivity contribution < 1.29 is 19.0 Å². The zero-order chi connectivity index (χ0) is 17.3. The maximum Gasteiger partial charge on any atom is 0.315 e. The molecule has 4 nitrogen and oxygen atoms in total. The van der Waals surface area contributed by atoms with Crippen LogP contribution in [0.3, 0.4) is 0 Å². The minimum absolute atomic E-state index is 0.133. The van der Waals surface area contributed by atoms with Crippen molar-refractivity contribution in [1.82, 2.24) is 0 Å². The van der Waals surface area contributed by atoms with Crippen LogP contribution < -0.4 is 0 Å². The van der Waals surface area contributed by atoms with E-state index in [4.69, 9.17) is 4.74 Å². The Hall–Kier alpha value is -1.90. The lowest BCUT2D eigenvalue weighted by Gasteiger charge is -2.11. The fourth-order valence-electron chi connectivity index (χ4n) is 2.40. The average Bonchev–Trinajstić information content (AvgIpc) is 2.58. The summed E-state index contributed by atoms with van der Waals surface area (Å²) in [6, 6.07) is 19.3. The quantitative estimate of drug-likeness (QED) is 0.423. The van der Waals surface area contributed by atoms with Gasteiger partial charge in [-0.25, -0.2) is 0 Å². The van der Waals surface area contributed by atoms with Gasteiger partial charge in [0.1, 0.15) is 12.8 Å². The van der Waals surface area contributed by atoms with Crippen LogP contribution in [0.15, 0.2) is 60.7 Å². The van der Waals surface area contributed by atoms with Crippen molar-refractivity contribution in [2.75, 3.05) is 12.3 Å². The van der Waals surface area contributed by atoms with Gasteiger partial charge >= 0.3 is 5.97 Å². The number of hydrogen-bond donors (Lipinski definition) is 1. The SMILES string of the molecule is O=C(CP(=O)(O)CCCCc1ccccc1)OCc1ccccc1. The van der Waals surface area contributed by atoms with Gasteiger partial charge < -0.3 is 9.63 Å². The second-order valence-corrected chi connectivity index (χ2v) is 8.27. The van der Waals surface area contributed by atoms with Crippen molar-refractivity contribution in [1.29, 1.82) is 0 Å². The normalized spacial score (nSPS) is 13.2. The molecule has 0 heterocycles. The number of unbranched alkanes of at least 4 members (excludes halogenated alkanes) is 1. The molecule has 0 saturated carbocycles. The molecule has 24 heavy (non-hydrogen) atoms. The van der Waals surface area contributed by atoms with Gasteiger partial charge in [0.2, 0.25) is 7.37 Å². The van der Waals surface area contributed by atoms with Crippen molar-refractivity contribution >= 4 is 13.3 Å². The molecular weight excluding hydrogens is 323 g/mol. The highest BCUT2D eigenvalue weighted by Crippen LogP contribution is 2.41. The molecule has 2 rings (SSSR count). The first-order valence-corrected chi connectivity index (χ1v) is 10.1. The molecule has 5 heteroatoms. The predicted molar refractivity (Wildman–Crippen MR) is 95.2 cm³/mol. The van der Waals surface area contributed by atoms with Crippen LogP contribution in [0.5, 0.6) is 0 Å². The van der Waals surface area contributed by atoms with Gasteiger partial charge in [-0.15, -0.1) is 0 Å². The highest BCUT2D eigenvalue weighted by atomic mass is 31.2. The number of ether oxygens (including phenoxy) is 1. The van der Waals surface area contributed by atoms with Crippen molar-refractivity contribution in [3.05, 3.63) is 71.8 Å². The summed E-state index contributed by atoms with van der Waals surface area (Å²) in [6.45, 7) is 0.133. The molecule has 0 bridgehead atoms. The topological polar surface area (TPSA) is 63.6 Å². The Morgan fingerprint density at radius 2 is 1.50 bits per heavy atom. The van der Waals surface area contributed by atoms with Gasteiger partial charge in [0.25, 0.3) is 0 Å². The van der Waals surface area contributed by atoms with E-state index in [1.807, 2.05) is 60.7 Å². The van der Waals surface area contributed by atoms with E-state index >= 15 is 0 Å². The number of esters is 1. The molecule has 1 N–H and O–H groups in total. The second-order valence-electron chi connectivity index (χ2n) is 5.82. The van der Waals surface area contributed by atoms with Gasteiger partial charge in [-0.05, 0) is 30.4 Å². The van der Waals surface area contributed by atoms with E-state index in [-0.39, 0.29) is 12.8 Å². The molecule has 0 aromatic heterocycles. The smallest absolute Gasteiger partial charge is 0.315 e. The largest absolute Gasteiger partial charge is 0.460 e. The van der Waals surface area contributed by atoms with E-state index in [2.05, 4.69) is 0 Å². The molecule has 0 aliphatic carbocycles. The standard InChI is InChI=1S/C19H23O4P/c20-19(23-15-18-12-5-2-6-13-18)16-24(21,22)14-8-7-11-17-9-3-1-4-10-17/h1-6,9-10,12-13H,7-8,11,14-16H2,(H,21,22). The molecule has 0 fully saturated rings. The summed E-state index contributed by atoms with van der Waals surface area (Å²) < 4.78 is 17.2.